The lowest BCUT2D eigenvalue weighted by molar-refractivity contribution is -0.139. The number of likely N-dealkylation sites (tertiary alicyclic amines) is 1. The Hall–Kier alpha value is -3.39. The van der Waals surface area contributed by atoms with Gasteiger partial charge in [-0.05, 0) is 38.0 Å². The van der Waals surface area contributed by atoms with Gasteiger partial charge in [-0.1, -0.05) is 23.7 Å². The minimum Gasteiger partial charge on any atom is -0.507 e. The van der Waals surface area contributed by atoms with Crippen LogP contribution in [0.25, 0.3) is 5.76 Å². The van der Waals surface area contributed by atoms with E-state index in [4.69, 9.17) is 11.6 Å². The van der Waals surface area contributed by atoms with Crippen LogP contribution in [0.1, 0.15) is 35.0 Å². The Morgan fingerprint density at radius 3 is 2.62 bits per heavy atom. The van der Waals surface area contributed by atoms with Gasteiger partial charge in [-0.25, -0.2) is 4.98 Å². The third kappa shape index (κ3) is 3.82. The molecule has 1 amide bonds. The number of Topliss-reactive ketones (excluding diaryl/α,β-unsaturated/α-hetero) is 1. The van der Waals surface area contributed by atoms with Gasteiger partial charge in [0.05, 0.1) is 29.2 Å². The zero-order valence-corrected chi connectivity index (χ0v) is 18.9. The first-order valence-corrected chi connectivity index (χ1v) is 10.7. The van der Waals surface area contributed by atoms with Gasteiger partial charge in [0.1, 0.15) is 5.76 Å². The molecule has 1 aliphatic heterocycles. The van der Waals surface area contributed by atoms with Crippen molar-refractivity contribution in [2.24, 2.45) is 7.05 Å². The fourth-order valence-electron chi connectivity index (χ4n) is 4.23. The SMILES string of the molecule is Cc1nn(C)c(C)c1C(O)=C1C(=O)C(=O)N(CCCn2ccnc2)[C@@H]1c1cccc(Cl)c1. The Balaban J connectivity index is 1.79. The van der Waals surface area contributed by atoms with Crippen molar-refractivity contribution in [2.75, 3.05) is 6.54 Å². The number of amides is 1. The van der Waals surface area contributed by atoms with Crippen LogP contribution in [0.15, 0.2) is 48.6 Å². The molecule has 1 fully saturated rings. The maximum atomic E-state index is 13.1. The lowest BCUT2D eigenvalue weighted by atomic mass is 9.94. The number of rotatable bonds is 6. The highest BCUT2D eigenvalue weighted by Gasteiger charge is 2.46. The van der Waals surface area contributed by atoms with Crippen LogP contribution in [-0.4, -0.2) is 47.6 Å². The van der Waals surface area contributed by atoms with E-state index in [-0.39, 0.29) is 11.3 Å². The molecule has 1 aliphatic rings. The molecule has 32 heavy (non-hydrogen) atoms. The standard InChI is InChI=1S/C23H24ClN5O3/c1-14-18(15(2)27(3)26-14)21(30)19-20(16-6-4-7-17(24)12-16)29(23(32)22(19)31)10-5-9-28-11-8-25-13-28/h4,6-8,11-13,20,30H,5,9-10H2,1-3H3/t20-/m1/s1. The minimum absolute atomic E-state index is 0.0547. The molecule has 3 heterocycles. The molecule has 0 bridgehead atoms. The average Bonchev–Trinajstić information content (AvgIpc) is 3.42. The molecule has 0 saturated carbocycles. The fourth-order valence-corrected chi connectivity index (χ4v) is 4.43. The van der Waals surface area contributed by atoms with E-state index in [1.54, 1.807) is 49.4 Å². The summed E-state index contributed by atoms with van der Waals surface area (Å²) in [5, 5.41) is 16.1. The van der Waals surface area contributed by atoms with Crippen molar-refractivity contribution in [3.05, 3.63) is 76.1 Å². The van der Waals surface area contributed by atoms with Crippen LogP contribution in [0.4, 0.5) is 0 Å². The van der Waals surface area contributed by atoms with Crippen LogP contribution in [0.3, 0.4) is 0 Å². The predicted molar refractivity (Wildman–Crippen MR) is 120 cm³/mol. The second-order valence-electron chi connectivity index (χ2n) is 7.87. The number of hydrogen-bond donors (Lipinski definition) is 1. The first kappa shape index (κ1) is 21.8. The van der Waals surface area contributed by atoms with Gasteiger partial charge < -0.3 is 14.6 Å². The van der Waals surface area contributed by atoms with Crippen molar-refractivity contribution in [1.29, 1.82) is 0 Å². The largest absolute Gasteiger partial charge is 0.507 e. The van der Waals surface area contributed by atoms with Crippen LogP contribution in [0, 0.1) is 13.8 Å². The summed E-state index contributed by atoms with van der Waals surface area (Å²) in [7, 11) is 1.77. The number of benzene rings is 1. The van der Waals surface area contributed by atoms with Gasteiger partial charge in [-0.3, -0.25) is 14.3 Å². The van der Waals surface area contributed by atoms with E-state index in [0.29, 0.717) is 47.0 Å². The van der Waals surface area contributed by atoms with Crippen molar-refractivity contribution in [2.45, 2.75) is 32.9 Å². The summed E-state index contributed by atoms with van der Waals surface area (Å²) >= 11 is 6.22. The molecule has 1 aromatic carbocycles. The summed E-state index contributed by atoms with van der Waals surface area (Å²) in [6.45, 7) is 4.55. The van der Waals surface area contributed by atoms with E-state index in [0.717, 1.165) is 0 Å². The van der Waals surface area contributed by atoms with Crippen molar-refractivity contribution in [3.63, 3.8) is 0 Å². The molecule has 9 heteroatoms. The van der Waals surface area contributed by atoms with Gasteiger partial charge in [0, 0.05) is 43.2 Å². The third-order valence-electron chi connectivity index (χ3n) is 5.82. The second-order valence-corrected chi connectivity index (χ2v) is 8.31. The Morgan fingerprint density at radius 2 is 2.00 bits per heavy atom. The smallest absolute Gasteiger partial charge is 0.295 e. The molecular weight excluding hydrogens is 430 g/mol. The number of aliphatic hydroxyl groups excluding tert-OH is 1. The molecule has 0 spiro atoms. The number of aliphatic hydroxyl groups is 1. The lowest BCUT2D eigenvalue weighted by Gasteiger charge is -2.25. The third-order valence-corrected chi connectivity index (χ3v) is 6.06. The van der Waals surface area contributed by atoms with E-state index in [2.05, 4.69) is 10.1 Å². The molecule has 1 atom stereocenters. The van der Waals surface area contributed by atoms with Gasteiger partial charge >= 0.3 is 0 Å². The van der Waals surface area contributed by atoms with Gasteiger partial charge in [0.25, 0.3) is 11.7 Å². The first-order valence-electron chi connectivity index (χ1n) is 10.3. The number of carbonyl (C=O) groups is 2. The van der Waals surface area contributed by atoms with Crippen LogP contribution in [-0.2, 0) is 23.2 Å². The van der Waals surface area contributed by atoms with E-state index in [1.165, 1.54) is 4.90 Å². The molecule has 0 unspecified atom stereocenters. The number of ketones is 1. The van der Waals surface area contributed by atoms with Crippen molar-refractivity contribution in [1.82, 2.24) is 24.2 Å². The van der Waals surface area contributed by atoms with Crippen molar-refractivity contribution < 1.29 is 14.7 Å². The zero-order chi connectivity index (χ0) is 23.0. The Kier molecular flexibility index (Phi) is 5.88. The van der Waals surface area contributed by atoms with Crippen LogP contribution in [0.5, 0.6) is 0 Å². The zero-order valence-electron chi connectivity index (χ0n) is 18.1. The molecule has 8 nitrogen and oxygen atoms in total. The predicted octanol–water partition coefficient (Wildman–Crippen LogP) is 3.40. The quantitative estimate of drug-likeness (QED) is 0.351. The second kappa shape index (κ2) is 8.63. The highest BCUT2D eigenvalue weighted by molar-refractivity contribution is 6.46. The number of halogens is 1. The molecule has 0 aliphatic carbocycles. The fraction of sp³-hybridized carbons (Fsp3) is 0.304. The molecule has 0 radical (unpaired) electrons. The van der Waals surface area contributed by atoms with E-state index in [1.807, 2.05) is 23.8 Å². The lowest BCUT2D eigenvalue weighted by Crippen LogP contribution is -2.31. The summed E-state index contributed by atoms with van der Waals surface area (Å²) in [5.74, 6) is -1.56. The Bertz CT molecular complexity index is 1210. The molecule has 1 N–H and O–H groups in total. The van der Waals surface area contributed by atoms with Crippen LogP contribution in [0.2, 0.25) is 5.02 Å². The summed E-state index contributed by atoms with van der Waals surface area (Å²) < 4.78 is 3.55. The number of aromatic nitrogens is 4. The number of nitrogens with zero attached hydrogens (tertiary/aromatic N) is 5. The molecule has 3 aromatic rings. The van der Waals surface area contributed by atoms with E-state index in [9.17, 15) is 14.7 Å². The van der Waals surface area contributed by atoms with Gasteiger partial charge in [-0.2, -0.15) is 5.10 Å². The van der Waals surface area contributed by atoms with Crippen molar-refractivity contribution in [3.8, 4) is 0 Å². The number of aryl methyl sites for hydroxylation is 3. The van der Waals surface area contributed by atoms with Gasteiger partial charge in [-0.15, -0.1) is 0 Å². The molecule has 4 rings (SSSR count). The average molecular weight is 454 g/mol. The van der Waals surface area contributed by atoms with E-state index < -0.39 is 17.7 Å². The number of imidazole rings is 1. The van der Waals surface area contributed by atoms with Gasteiger partial charge in [0.2, 0.25) is 0 Å². The summed E-state index contributed by atoms with van der Waals surface area (Å²) in [6, 6.07) is 6.28. The summed E-state index contributed by atoms with van der Waals surface area (Å²) in [6.07, 6.45) is 5.86. The highest BCUT2D eigenvalue weighted by atomic mass is 35.5. The monoisotopic (exact) mass is 453 g/mol. The topological polar surface area (TPSA) is 93.2 Å². The molecular formula is C23H24ClN5O3. The molecule has 1 saturated heterocycles. The maximum Gasteiger partial charge on any atom is 0.295 e. The van der Waals surface area contributed by atoms with Crippen LogP contribution >= 0.6 is 11.6 Å². The Labute approximate surface area is 190 Å². The van der Waals surface area contributed by atoms with Crippen LogP contribution < -0.4 is 0 Å². The highest BCUT2D eigenvalue weighted by Crippen LogP contribution is 2.41. The number of carbonyl (C=O) groups excluding carboxylic acids is 2. The minimum atomic E-state index is -0.740. The molecule has 2 aromatic heterocycles. The summed E-state index contributed by atoms with van der Waals surface area (Å²) in [5.41, 5.74) is 2.48. The molecule has 166 valence electrons. The van der Waals surface area contributed by atoms with Gasteiger partial charge in [0.15, 0.2) is 0 Å². The first-order chi connectivity index (χ1) is 15.3. The summed E-state index contributed by atoms with van der Waals surface area (Å²) in [4.78, 5) is 31.7. The maximum absolute atomic E-state index is 13.1. The number of hydrogen-bond acceptors (Lipinski definition) is 5. The normalized spacial score (nSPS) is 18.0. The van der Waals surface area contributed by atoms with Crippen molar-refractivity contribution >= 4 is 29.1 Å². The Morgan fingerprint density at radius 1 is 1.22 bits per heavy atom. The van der Waals surface area contributed by atoms with E-state index >= 15 is 0 Å².